The van der Waals surface area contributed by atoms with E-state index < -0.39 is 0 Å². The monoisotopic (exact) mass is 374 g/mol. The number of aryl methyl sites for hydroxylation is 3. The largest absolute Gasteiger partial charge is 0.364 e. The summed E-state index contributed by atoms with van der Waals surface area (Å²) in [6.07, 6.45) is 4.51. The molecule has 0 bridgehead atoms. The Balaban J connectivity index is 1.30. The van der Waals surface area contributed by atoms with Crippen molar-refractivity contribution < 1.29 is 4.52 Å². The van der Waals surface area contributed by atoms with Crippen LogP contribution >= 0.6 is 0 Å². The normalized spacial score (nSPS) is 10.9. The molecule has 2 N–H and O–H groups in total. The second kappa shape index (κ2) is 8.47. The highest BCUT2D eigenvalue weighted by atomic mass is 16.5. The lowest BCUT2D eigenvalue weighted by Gasteiger charge is -2.03. The molecule has 7 heteroatoms. The third kappa shape index (κ3) is 4.62. The van der Waals surface area contributed by atoms with E-state index in [1.54, 1.807) is 6.20 Å². The molecular formula is C21H22N6O. The first-order valence-electron chi connectivity index (χ1n) is 9.34. The van der Waals surface area contributed by atoms with Gasteiger partial charge in [-0.3, -0.25) is 5.10 Å². The van der Waals surface area contributed by atoms with Gasteiger partial charge in [-0.25, -0.2) is 4.98 Å². The van der Waals surface area contributed by atoms with E-state index in [9.17, 15) is 0 Å². The van der Waals surface area contributed by atoms with Crippen LogP contribution in [0.15, 0.2) is 59.3 Å². The number of benzene rings is 1. The summed E-state index contributed by atoms with van der Waals surface area (Å²) in [5.41, 5.74) is 4.11. The molecule has 142 valence electrons. The zero-order valence-corrected chi connectivity index (χ0v) is 15.7. The summed E-state index contributed by atoms with van der Waals surface area (Å²) < 4.78 is 5.39. The van der Waals surface area contributed by atoms with Gasteiger partial charge in [0.15, 0.2) is 5.82 Å². The van der Waals surface area contributed by atoms with Crippen molar-refractivity contribution in [1.82, 2.24) is 25.3 Å². The molecule has 0 fully saturated rings. The van der Waals surface area contributed by atoms with E-state index in [0.717, 1.165) is 47.9 Å². The lowest BCUT2D eigenvalue weighted by Crippen LogP contribution is -2.01. The van der Waals surface area contributed by atoms with Crippen molar-refractivity contribution in [2.75, 3.05) is 5.32 Å². The van der Waals surface area contributed by atoms with Crippen LogP contribution in [0, 0.1) is 6.92 Å². The zero-order chi connectivity index (χ0) is 19.2. The van der Waals surface area contributed by atoms with Crippen LogP contribution in [0.5, 0.6) is 0 Å². The van der Waals surface area contributed by atoms with E-state index in [2.05, 4.69) is 54.9 Å². The fourth-order valence-corrected chi connectivity index (χ4v) is 2.94. The summed E-state index contributed by atoms with van der Waals surface area (Å²) >= 11 is 0. The van der Waals surface area contributed by atoms with E-state index in [4.69, 9.17) is 4.52 Å². The van der Waals surface area contributed by atoms with Crippen LogP contribution in [0.1, 0.15) is 29.2 Å². The standard InChI is InChI=1S/C21H22N6O/c1-15-12-18(26-25-15)14-23-19-11-10-17(13-22-19)21-24-20(27-28-21)9-5-8-16-6-3-2-4-7-16/h2-4,6-7,10-13H,5,8-9,14H2,1H3,(H,22,23)(H,25,26). The molecule has 3 aromatic heterocycles. The van der Waals surface area contributed by atoms with Crippen LogP contribution in [-0.2, 0) is 19.4 Å². The first kappa shape index (κ1) is 17.9. The van der Waals surface area contributed by atoms with Gasteiger partial charge in [0.2, 0.25) is 0 Å². The zero-order valence-electron chi connectivity index (χ0n) is 15.7. The van der Waals surface area contributed by atoms with Crippen LogP contribution in [0.2, 0.25) is 0 Å². The third-order valence-electron chi connectivity index (χ3n) is 4.40. The summed E-state index contributed by atoms with van der Waals surface area (Å²) in [5, 5.41) is 14.4. The summed E-state index contributed by atoms with van der Waals surface area (Å²) in [6.45, 7) is 2.59. The highest BCUT2D eigenvalue weighted by Gasteiger charge is 2.09. The number of pyridine rings is 1. The molecule has 28 heavy (non-hydrogen) atoms. The number of nitrogens with one attached hydrogen (secondary N) is 2. The number of hydrogen-bond acceptors (Lipinski definition) is 6. The summed E-state index contributed by atoms with van der Waals surface area (Å²) in [4.78, 5) is 8.90. The SMILES string of the molecule is Cc1cc(CNc2ccc(-c3nc(CCCc4ccccc4)no3)cn2)n[nH]1. The van der Waals surface area contributed by atoms with Crippen LogP contribution < -0.4 is 5.32 Å². The Morgan fingerprint density at radius 2 is 1.96 bits per heavy atom. The van der Waals surface area contributed by atoms with Crippen LogP contribution in [0.4, 0.5) is 5.82 Å². The maximum absolute atomic E-state index is 5.39. The smallest absolute Gasteiger partial charge is 0.259 e. The van der Waals surface area contributed by atoms with Crippen molar-refractivity contribution in [3.8, 4) is 11.5 Å². The lowest BCUT2D eigenvalue weighted by molar-refractivity contribution is 0.421. The molecule has 4 rings (SSSR count). The van der Waals surface area contributed by atoms with Crippen molar-refractivity contribution >= 4 is 5.82 Å². The molecule has 4 aromatic rings. The molecule has 0 radical (unpaired) electrons. The van der Waals surface area contributed by atoms with Crippen molar-refractivity contribution in [3.63, 3.8) is 0 Å². The average Bonchev–Trinajstić information content (AvgIpc) is 3.37. The maximum Gasteiger partial charge on any atom is 0.259 e. The Bertz CT molecular complexity index is 1010. The van der Waals surface area contributed by atoms with E-state index in [-0.39, 0.29) is 0 Å². The second-order valence-electron chi connectivity index (χ2n) is 6.68. The van der Waals surface area contributed by atoms with Gasteiger partial charge >= 0.3 is 0 Å². The molecular weight excluding hydrogens is 352 g/mol. The molecule has 0 amide bonds. The molecule has 0 saturated heterocycles. The second-order valence-corrected chi connectivity index (χ2v) is 6.68. The van der Waals surface area contributed by atoms with E-state index in [0.29, 0.717) is 12.4 Å². The highest BCUT2D eigenvalue weighted by Crippen LogP contribution is 2.18. The number of aromatic nitrogens is 5. The predicted molar refractivity (Wildman–Crippen MR) is 107 cm³/mol. The van der Waals surface area contributed by atoms with E-state index in [1.165, 1.54) is 5.56 Å². The Hall–Kier alpha value is -3.48. The molecule has 0 spiro atoms. The van der Waals surface area contributed by atoms with Crippen molar-refractivity contribution in [2.24, 2.45) is 0 Å². The molecule has 0 atom stereocenters. The predicted octanol–water partition coefficient (Wildman–Crippen LogP) is 3.95. The molecule has 0 aliphatic carbocycles. The molecule has 7 nitrogen and oxygen atoms in total. The van der Waals surface area contributed by atoms with Gasteiger partial charge < -0.3 is 9.84 Å². The van der Waals surface area contributed by atoms with Gasteiger partial charge in [0.1, 0.15) is 5.82 Å². The van der Waals surface area contributed by atoms with Crippen LogP contribution in [0.3, 0.4) is 0 Å². The molecule has 0 aliphatic heterocycles. The number of H-pyrrole nitrogens is 1. The van der Waals surface area contributed by atoms with Crippen molar-refractivity contribution in [1.29, 1.82) is 0 Å². The Morgan fingerprint density at radius 1 is 1.07 bits per heavy atom. The first-order valence-corrected chi connectivity index (χ1v) is 9.34. The number of nitrogens with zero attached hydrogens (tertiary/aromatic N) is 4. The summed E-state index contributed by atoms with van der Waals surface area (Å²) in [6, 6.07) is 16.2. The fourth-order valence-electron chi connectivity index (χ4n) is 2.94. The van der Waals surface area contributed by atoms with Gasteiger partial charge in [-0.2, -0.15) is 10.1 Å². The minimum atomic E-state index is 0.497. The first-order chi connectivity index (χ1) is 13.8. The van der Waals surface area contributed by atoms with Crippen LogP contribution in [-0.4, -0.2) is 25.3 Å². The summed E-state index contributed by atoms with van der Waals surface area (Å²) in [5.74, 6) is 1.99. The highest BCUT2D eigenvalue weighted by molar-refractivity contribution is 5.54. The molecule has 0 saturated carbocycles. The van der Waals surface area contributed by atoms with Crippen molar-refractivity contribution in [2.45, 2.75) is 32.7 Å². The van der Waals surface area contributed by atoms with Gasteiger partial charge in [0.25, 0.3) is 5.89 Å². The Kier molecular flexibility index (Phi) is 5.42. The third-order valence-corrected chi connectivity index (χ3v) is 4.40. The molecule has 0 unspecified atom stereocenters. The minimum absolute atomic E-state index is 0.497. The lowest BCUT2D eigenvalue weighted by atomic mass is 10.1. The summed E-state index contributed by atoms with van der Waals surface area (Å²) in [7, 11) is 0. The van der Waals surface area contributed by atoms with Crippen molar-refractivity contribution in [3.05, 3.63) is 77.5 Å². The quantitative estimate of drug-likeness (QED) is 0.485. The number of aromatic amines is 1. The average molecular weight is 374 g/mol. The van der Waals surface area contributed by atoms with Gasteiger partial charge in [0, 0.05) is 18.3 Å². The molecule has 3 heterocycles. The molecule has 1 aromatic carbocycles. The van der Waals surface area contributed by atoms with Gasteiger partial charge in [-0.1, -0.05) is 35.5 Å². The van der Waals surface area contributed by atoms with Gasteiger partial charge in [0.05, 0.1) is 17.8 Å². The van der Waals surface area contributed by atoms with E-state index >= 15 is 0 Å². The Morgan fingerprint density at radius 3 is 2.71 bits per heavy atom. The molecule has 0 aliphatic rings. The Labute approximate surface area is 163 Å². The van der Waals surface area contributed by atoms with Crippen LogP contribution in [0.25, 0.3) is 11.5 Å². The maximum atomic E-state index is 5.39. The number of rotatable bonds is 8. The number of anilines is 1. The topological polar surface area (TPSA) is 92.5 Å². The van der Waals surface area contributed by atoms with E-state index in [1.807, 2.05) is 31.2 Å². The fraction of sp³-hybridized carbons (Fsp3) is 0.238. The minimum Gasteiger partial charge on any atom is -0.364 e. The van der Waals surface area contributed by atoms with Gasteiger partial charge in [-0.05, 0) is 43.5 Å². The number of hydrogen-bond donors (Lipinski definition) is 2. The van der Waals surface area contributed by atoms with Gasteiger partial charge in [-0.15, -0.1) is 0 Å².